The molecule has 17 heavy (non-hydrogen) atoms. The van der Waals surface area contributed by atoms with E-state index in [1.54, 1.807) is 0 Å². The van der Waals surface area contributed by atoms with E-state index in [0.29, 0.717) is 12.0 Å². The number of aryl methyl sites for hydroxylation is 2. The van der Waals surface area contributed by atoms with E-state index in [2.05, 4.69) is 58.7 Å². The Labute approximate surface area is 113 Å². The van der Waals surface area contributed by atoms with Gasteiger partial charge in [-0.2, -0.15) is 5.10 Å². The molecule has 2 unspecified atom stereocenters. The highest BCUT2D eigenvalue weighted by atomic mass is 79.9. The van der Waals surface area contributed by atoms with E-state index in [1.807, 2.05) is 7.05 Å². The third kappa shape index (κ3) is 3.32. The summed E-state index contributed by atoms with van der Waals surface area (Å²) in [5, 5.41) is 7.93. The van der Waals surface area contributed by atoms with Crippen molar-refractivity contribution in [1.29, 1.82) is 0 Å². The van der Waals surface area contributed by atoms with Crippen molar-refractivity contribution in [1.82, 2.24) is 15.1 Å². The van der Waals surface area contributed by atoms with E-state index in [9.17, 15) is 0 Å². The number of aromatic nitrogens is 2. The molecular weight excluding hydrogens is 278 g/mol. The highest BCUT2D eigenvalue weighted by molar-refractivity contribution is 9.10. The second kappa shape index (κ2) is 6.55. The predicted octanol–water partition coefficient (Wildman–Crippen LogP) is 3.15. The van der Waals surface area contributed by atoms with Gasteiger partial charge in [0.15, 0.2) is 0 Å². The molecule has 0 radical (unpaired) electrons. The molecule has 0 aromatic carbocycles. The van der Waals surface area contributed by atoms with Gasteiger partial charge in [0.1, 0.15) is 0 Å². The fraction of sp³-hybridized carbons (Fsp3) is 0.769. The second-order valence-corrected chi connectivity index (χ2v) is 5.44. The first-order valence-corrected chi connectivity index (χ1v) is 7.23. The molecule has 0 aliphatic rings. The molecule has 0 spiro atoms. The Morgan fingerprint density at radius 2 is 2.06 bits per heavy atom. The first-order valence-electron chi connectivity index (χ1n) is 6.44. The summed E-state index contributed by atoms with van der Waals surface area (Å²) in [6.07, 6.45) is 2.23. The van der Waals surface area contributed by atoms with E-state index in [4.69, 9.17) is 0 Å². The smallest absolute Gasteiger partial charge is 0.0738 e. The lowest BCUT2D eigenvalue weighted by Crippen LogP contribution is -2.32. The topological polar surface area (TPSA) is 29.9 Å². The maximum Gasteiger partial charge on any atom is 0.0738 e. The molecule has 0 saturated heterocycles. The summed E-state index contributed by atoms with van der Waals surface area (Å²) < 4.78 is 3.29. The zero-order valence-corrected chi connectivity index (χ0v) is 13.1. The van der Waals surface area contributed by atoms with Crippen molar-refractivity contribution in [2.24, 2.45) is 5.92 Å². The van der Waals surface area contributed by atoms with Gasteiger partial charge in [-0.05, 0) is 55.6 Å². The molecule has 0 amide bonds. The minimum Gasteiger partial charge on any atom is -0.317 e. The third-order valence-corrected chi connectivity index (χ3v) is 4.50. The van der Waals surface area contributed by atoms with Crippen molar-refractivity contribution in [3.8, 4) is 0 Å². The van der Waals surface area contributed by atoms with E-state index in [-0.39, 0.29) is 0 Å². The molecule has 98 valence electrons. The summed E-state index contributed by atoms with van der Waals surface area (Å²) in [6.45, 7) is 9.67. The van der Waals surface area contributed by atoms with Crippen molar-refractivity contribution in [2.75, 3.05) is 7.05 Å². The molecule has 1 rings (SSSR count). The average molecular weight is 302 g/mol. The Kier molecular flexibility index (Phi) is 5.67. The molecule has 1 heterocycles. The van der Waals surface area contributed by atoms with E-state index in [1.165, 1.54) is 10.2 Å². The number of nitrogens with zero attached hydrogens (tertiary/aromatic N) is 2. The van der Waals surface area contributed by atoms with Crippen LogP contribution in [-0.2, 0) is 13.0 Å². The van der Waals surface area contributed by atoms with E-state index < -0.39 is 0 Å². The molecule has 1 N–H and O–H groups in total. The van der Waals surface area contributed by atoms with Crippen LogP contribution in [0.1, 0.15) is 38.6 Å². The Morgan fingerprint density at radius 3 is 2.53 bits per heavy atom. The molecule has 0 bridgehead atoms. The largest absolute Gasteiger partial charge is 0.317 e. The van der Waals surface area contributed by atoms with Gasteiger partial charge < -0.3 is 5.32 Å². The lowest BCUT2D eigenvalue weighted by atomic mass is 9.94. The summed E-state index contributed by atoms with van der Waals surface area (Å²) in [7, 11) is 2.04. The average Bonchev–Trinajstić information content (AvgIpc) is 2.58. The Bertz CT molecular complexity index is 356. The molecule has 0 saturated carbocycles. The van der Waals surface area contributed by atoms with Gasteiger partial charge in [0.25, 0.3) is 0 Å². The number of halogens is 1. The molecule has 3 nitrogen and oxygen atoms in total. The number of nitrogens with one attached hydrogen (secondary N) is 1. The fourth-order valence-electron chi connectivity index (χ4n) is 2.40. The lowest BCUT2D eigenvalue weighted by Gasteiger charge is -2.22. The molecule has 0 fully saturated rings. The minimum absolute atomic E-state index is 0.572. The van der Waals surface area contributed by atoms with Gasteiger partial charge in [0.2, 0.25) is 0 Å². The molecular formula is C13H24BrN3. The quantitative estimate of drug-likeness (QED) is 0.875. The maximum atomic E-state index is 4.54. The van der Waals surface area contributed by atoms with Gasteiger partial charge in [-0.1, -0.05) is 13.8 Å². The Morgan fingerprint density at radius 1 is 1.41 bits per heavy atom. The highest BCUT2D eigenvalue weighted by Crippen LogP contribution is 2.25. The van der Waals surface area contributed by atoms with Crippen LogP contribution >= 0.6 is 15.9 Å². The van der Waals surface area contributed by atoms with Crippen molar-refractivity contribution >= 4 is 15.9 Å². The summed E-state index contributed by atoms with van der Waals surface area (Å²) in [5.74, 6) is 0.614. The van der Waals surface area contributed by atoms with E-state index >= 15 is 0 Å². The van der Waals surface area contributed by atoms with Crippen LogP contribution in [0.15, 0.2) is 4.47 Å². The van der Waals surface area contributed by atoms with E-state index in [0.717, 1.165) is 25.1 Å². The van der Waals surface area contributed by atoms with Crippen molar-refractivity contribution in [3.05, 3.63) is 15.9 Å². The van der Waals surface area contributed by atoms with Crippen LogP contribution in [0, 0.1) is 12.8 Å². The monoisotopic (exact) mass is 301 g/mol. The highest BCUT2D eigenvalue weighted by Gasteiger charge is 2.19. The Balaban J connectivity index is 2.86. The van der Waals surface area contributed by atoms with Gasteiger partial charge in [-0.25, -0.2) is 0 Å². The summed E-state index contributed by atoms with van der Waals surface area (Å²) >= 11 is 3.66. The molecule has 2 atom stereocenters. The van der Waals surface area contributed by atoms with Crippen LogP contribution in [0.2, 0.25) is 0 Å². The summed E-state index contributed by atoms with van der Waals surface area (Å²) in [6, 6.07) is 0.572. The first-order chi connectivity index (χ1) is 8.04. The standard InChI is InChI=1S/C13H24BrN3/c1-6-11(15-5)9(3)8-12-13(14)10(4)16-17(12)7-2/h9,11,15H,6-8H2,1-5H3. The molecule has 0 aliphatic heterocycles. The molecule has 1 aromatic rings. The molecule has 4 heteroatoms. The predicted molar refractivity (Wildman–Crippen MR) is 76.3 cm³/mol. The van der Waals surface area contributed by atoms with Crippen LogP contribution in [0.3, 0.4) is 0 Å². The summed E-state index contributed by atoms with van der Waals surface area (Å²) in [4.78, 5) is 0. The van der Waals surface area contributed by atoms with Crippen molar-refractivity contribution in [2.45, 2.75) is 53.1 Å². The number of rotatable bonds is 6. The van der Waals surface area contributed by atoms with Crippen LogP contribution in [0.4, 0.5) is 0 Å². The van der Waals surface area contributed by atoms with Gasteiger partial charge in [-0.15, -0.1) is 0 Å². The zero-order valence-electron chi connectivity index (χ0n) is 11.5. The third-order valence-electron chi connectivity index (χ3n) is 3.47. The fourth-order valence-corrected chi connectivity index (χ4v) is 2.85. The van der Waals surface area contributed by atoms with Crippen molar-refractivity contribution in [3.63, 3.8) is 0 Å². The second-order valence-electron chi connectivity index (χ2n) is 4.65. The minimum atomic E-state index is 0.572. The van der Waals surface area contributed by atoms with Crippen LogP contribution in [-0.4, -0.2) is 22.9 Å². The normalized spacial score (nSPS) is 14.9. The molecule has 0 aliphatic carbocycles. The first kappa shape index (κ1) is 14.7. The number of hydrogen-bond acceptors (Lipinski definition) is 2. The van der Waals surface area contributed by atoms with Crippen molar-refractivity contribution < 1.29 is 0 Å². The summed E-state index contributed by atoms with van der Waals surface area (Å²) in [5.41, 5.74) is 2.41. The Hall–Kier alpha value is -0.350. The molecule has 1 aromatic heterocycles. The van der Waals surface area contributed by atoms with Gasteiger partial charge in [0.05, 0.1) is 15.9 Å². The van der Waals surface area contributed by atoms with Gasteiger partial charge in [0, 0.05) is 12.6 Å². The maximum absolute atomic E-state index is 4.54. The van der Waals surface area contributed by atoms with Crippen LogP contribution < -0.4 is 5.32 Å². The number of hydrogen-bond donors (Lipinski definition) is 1. The SMILES string of the molecule is CCC(NC)C(C)Cc1c(Br)c(C)nn1CC. The lowest BCUT2D eigenvalue weighted by molar-refractivity contribution is 0.377. The van der Waals surface area contributed by atoms with Crippen LogP contribution in [0.5, 0.6) is 0 Å². The zero-order chi connectivity index (χ0) is 13.0. The van der Waals surface area contributed by atoms with Gasteiger partial charge >= 0.3 is 0 Å². The van der Waals surface area contributed by atoms with Crippen LogP contribution in [0.25, 0.3) is 0 Å². The van der Waals surface area contributed by atoms with Gasteiger partial charge in [-0.3, -0.25) is 4.68 Å².